The van der Waals surface area contributed by atoms with Crippen molar-refractivity contribution in [2.24, 2.45) is 0 Å². The van der Waals surface area contributed by atoms with Crippen LogP contribution >= 0.6 is 11.3 Å². The highest BCUT2D eigenvalue weighted by atomic mass is 32.1. The molecule has 0 saturated heterocycles. The molecule has 0 aliphatic rings. The lowest BCUT2D eigenvalue weighted by Crippen LogP contribution is -2.15. The van der Waals surface area contributed by atoms with E-state index >= 15 is 0 Å². The Morgan fingerprint density at radius 1 is 1.41 bits per heavy atom. The molecule has 86 valence electrons. The van der Waals surface area contributed by atoms with Gasteiger partial charge in [0.2, 0.25) is 0 Å². The van der Waals surface area contributed by atoms with Gasteiger partial charge in [0.15, 0.2) is 5.13 Å². The largest absolute Gasteiger partial charge is 0.375 e. The van der Waals surface area contributed by atoms with Crippen LogP contribution in [0, 0.1) is 11.3 Å². The lowest BCUT2D eigenvalue weighted by molar-refractivity contribution is 0.937. The third-order valence-electron chi connectivity index (χ3n) is 2.40. The Morgan fingerprint density at radius 2 is 2.12 bits per heavy atom. The number of nitriles is 1. The molecule has 0 fully saturated rings. The maximum Gasteiger partial charge on any atom is 0.180 e. The summed E-state index contributed by atoms with van der Waals surface area (Å²) < 4.78 is 0. The van der Waals surface area contributed by atoms with Gasteiger partial charge in [-0.25, -0.2) is 4.98 Å². The molecule has 0 aliphatic heterocycles. The van der Waals surface area contributed by atoms with E-state index in [2.05, 4.69) is 16.0 Å². The number of thiazole rings is 1. The highest BCUT2D eigenvalue weighted by Gasteiger charge is 2.04. The number of hydrogen-bond acceptors (Lipinski definition) is 5. The highest BCUT2D eigenvalue weighted by molar-refractivity contribution is 7.15. The van der Waals surface area contributed by atoms with Crippen molar-refractivity contribution in [2.45, 2.75) is 6.54 Å². The molecule has 0 bridgehead atoms. The van der Waals surface area contributed by atoms with Crippen molar-refractivity contribution in [1.82, 2.24) is 4.98 Å². The molecule has 2 aromatic rings. The van der Waals surface area contributed by atoms with Crippen molar-refractivity contribution in [2.75, 3.05) is 17.7 Å². The second-order valence-corrected chi connectivity index (χ2v) is 4.83. The number of nitrogens with two attached hydrogens (primary N) is 1. The van der Waals surface area contributed by atoms with E-state index in [1.165, 1.54) is 11.3 Å². The molecule has 0 amide bonds. The zero-order chi connectivity index (χ0) is 12.3. The molecule has 0 saturated carbocycles. The predicted molar refractivity (Wildman–Crippen MR) is 69.8 cm³/mol. The number of aromatic nitrogens is 1. The van der Waals surface area contributed by atoms with Gasteiger partial charge in [0.1, 0.15) is 0 Å². The Morgan fingerprint density at radius 3 is 2.65 bits per heavy atom. The van der Waals surface area contributed by atoms with Crippen molar-refractivity contribution in [1.29, 1.82) is 5.26 Å². The van der Waals surface area contributed by atoms with E-state index in [0.29, 0.717) is 10.7 Å². The van der Waals surface area contributed by atoms with Crippen molar-refractivity contribution >= 4 is 22.2 Å². The number of hydrogen-bond donors (Lipinski definition) is 1. The lowest BCUT2D eigenvalue weighted by atomic mass is 10.2. The van der Waals surface area contributed by atoms with Gasteiger partial charge >= 0.3 is 0 Å². The van der Waals surface area contributed by atoms with Gasteiger partial charge in [-0.1, -0.05) is 0 Å². The van der Waals surface area contributed by atoms with Crippen molar-refractivity contribution < 1.29 is 0 Å². The van der Waals surface area contributed by atoms with Crippen molar-refractivity contribution in [3.05, 3.63) is 40.9 Å². The number of rotatable bonds is 3. The van der Waals surface area contributed by atoms with Gasteiger partial charge < -0.3 is 10.6 Å². The Hall–Kier alpha value is -2.06. The first-order valence-corrected chi connectivity index (χ1v) is 5.92. The van der Waals surface area contributed by atoms with E-state index in [-0.39, 0.29) is 0 Å². The van der Waals surface area contributed by atoms with E-state index < -0.39 is 0 Å². The molecule has 5 heteroatoms. The van der Waals surface area contributed by atoms with E-state index in [4.69, 9.17) is 11.0 Å². The molecule has 0 atom stereocenters. The summed E-state index contributed by atoms with van der Waals surface area (Å²) in [6.07, 6.45) is 1.79. The Bertz CT molecular complexity index is 538. The molecule has 2 N–H and O–H groups in total. The minimum atomic E-state index is 0.591. The summed E-state index contributed by atoms with van der Waals surface area (Å²) in [5.41, 5.74) is 7.32. The van der Waals surface area contributed by atoms with Crippen LogP contribution in [0.4, 0.5) is 10.8 Å². The van der Waals surface area contributed by atoms with E-state index in [9.17, 15) is 0 Å². The summed E-state index contributed by atoms with van der Waals surface area (Å²) in [5, 5.41) is 9.31. The minimum Gasteiger partial charge on any atom is -0.375 e. The van der Waals surface area contributed by atoms with Gasteiger partial charge in [0, 0.05) is 23.8 Å². The van der Waals surface area contributed by atoms with Crippen LogP contribution in [-0.4, -0.2) is 12.0 Å². The standard InChI is InChI=1S/C12H12N4S/c1-16(8-11-7-15-12(14)17-11)10-4-2-9(6-13)3-5-10/h2-5,7H,8H2,1H3,(H2,14,15). The first-order chi connectivity index (χ1) is 8.19. The number of anilines is 2. The normalized spacial score (nSPS) is 9.88. The molecule has 0 spiro atoms. The van der Waals surface area contributed by atoms with Crippen LogP contribution in [0.5, 0.6) is 0 Å². The molecule has 1 aromatic heterocycles. The first-order valence-electron chi connectivity index (χ1n) is 5.10. The quantitative estimate of drug-likeness (QED) is 0.899. The van der Waals surface area contributed by atoms with Crippen LogP contribution in [0.15, 0.2) is 30.5 Å². The summed E-state index contributed by atoms with van der Waals surface area (Å²) in [4.78, 5) is 7.23. The van der Waals surface area contributed by atoms with Crippen LogP contribution < -0.4 is 10.6 Å². The molecule has 1 aromatic carbocycles. The van der Waals surface area contributed by atoms with Gasteiger partial charge in [0.05, 0.1) is 18.2 Å². The fraction of sp³-hybridized carbons (Fsp3) is 0.167. The van der Waals surface area contributed by atoms with E-state index in [0.717, 1.165) is 17.1 Å². The average molecular weight is 244 g/mol. The molecule has 0 unspecified atom stereocenters. The zero-order valence-corrected chi connectivity index (χ0v) is 10.2. The monoisotopic (exact) mass is 244 g/mol. The third kappa shape index (κ3) is 2.74. The molecule has 17 heavy (non-hydrogen) atoms. The van der Waals surface area contributed by atoms with Crippen LogP contribution in [-0.2, 0) is 6.54 Å². The van der Waals surface area contributed by atoms with Crippen LogP contribution in [0.25, 0.3) is 0 Å². The average Bonchev–Trinajstić information content (AvgIpc) is 2.75. The molecular formula is C12H12N4S. The molecular weight excluding hydrogens is 232 g/mol. The Kier molecular flexibility index (Phi) is 3.26. The smallest absolute Gasteiger partial charge is 0.180 e. The summed E-state index contributed by atoms with van der Waals surface area (Å²) in [6.45, 7) is 0.765. The fourth-order valence-electron chi connectivity index (χ4n) is 1.51. The highest BCUT2D eigenvalue weighted by Crippen LogP contribution is 2.20. The molecule has 0 aliphatic carbocycles. The van der Waals surface area contributed by atoms with E-state index in [1.54, 1.807) is 6.20 Å². The second-order valence-electron chi connectivity index (χ2n) is 3.68. The van der Waals surface area contributed by atoms with Crippen molar-refractivity contribution in [3.63, 3.8) is 0 Å². The predicted octanol–water partition coefficient (Wildman–Crippen LogP) is 2.23. The Labute approximate surface area is 104 Å². The fourth-order valence-corrected chi connectivity index (χ4v) is 2.25. The maximum atomic E-state index is 8.72. The molecule has 2 rings (SSSR count). The minimum absolute atomic E-state index is 0.591. The van der Waals surface area contributed by atoms with E-state index in [1.807, 2.05) is 31.3 Å². The van der Waals surface area contributed by atoms with Gasteiger partial charge in [-0.05, 0) is 24.3 Å². The Balaban J connectivity index is 2.09. The zero-order valence-electron chi connectivity index (χ0n) is 9.42. The topological polar surface area (TPSA) is 65.9 Å². The molecule has 1 heterocycles. The summed E-state index contributed by atoms with van der Waals surface area (Å²) in [5.74, 6) is 0. The summed E-state index contributed by atoms with van der Waals surface area (Å²) in [6, 6.07) is 9.59. The van der Waals surface area contributed by atoms with Gasteiger partial charge in [-0.3, -0.25) is 0 Å². The third-order valence-corrected chi connectivity index (χ3v) is 3.21. The van der Waals surface area contributed by atoms with Gasteiger partial charge in [0.25, 0.3) is 0 Å². The van der Waals surface area contributed by atoms with Gasteiger partial charge in [-0.15, -0.1) is 11.3 Å². The number of benzene rings is 1. The van der Waals surface area contributed by atoms with Gasteiger partial charge in [-0.2, -0.15) is 5.26 Å². The SMILES string of the molecule is CN(Cc1cnc(N)s1)c1ccc(C#N)cc1. The number of nitrogen functional groups attached to an aromatic ring is 1. The van der Waals surface area contributed by atoms with Crippen LogP contribution in [0.1, 0.15) is 10.4 Å². The maximum absolute atomic E-state index is 8.72. The molecule has 0 radical (unpaired) electrons. The lowest BCUT2D eigenvalue weighted by Gasteiger charge is -2.17. The number of nitrogens with zero attached hydrogens (tertiary/aromatic N) is 3. The van der Waals surface area contributed by atoms with Crippen LogP contribution in [0.3, 0.4) is 0 Å². The van der Waals surface area contributed by atoms with Crippen molar-refractivity contribution in [3.8, 4) is 6.07 Å². The molecule has 4 nitrogen and oxygen atoms in total. The van der Waals surface area contributed by atoms with Crippen LogP contribution in [0.2, 0.25) is 0 Å². The summed E-state index contributed by atoms with van der Waals surface area (Å²) >= 11 is 1.49. The summed E-state index contributed by atoms with van der Waals surface area (Å²) in [7, 11) is 2.00. The first kappa shape index (κ1) is 11.4. The second kappa shape index (κ2) is 4.85.